The topological polar surface area (TPSA) is 82.1 Å². The third-order valence-corrected chi connectivity index (χ3v) is 4.21. The SMILES string of the molecule is C=C(C)C(=O)OCC(=O)OC1CC(C)(C)N(C(=O)OC(C)(C)C)C(C)(C)C1. The van der Waals surface area contributed by atoms with Crippen molar-refractivity contribution in [3.8, 4) is 0 Å². The summed E-state index contributed by atoms with van der Waals surface area (Å²) < 4.78 is 15.9. The smallest absolute Gasteiger partial charge is 0.411 e. The van der Waals surface area contributed by atoms with Gasteiger partial charge in [-0.2, -0.15) is 0 Å². The average molecular weight is 383 g/mol. The van der Waals surface area contributed by atoms with Gasteiger partial charge >= 0.3 is 18.0 Å². The standard InChI is InChI=1S/C20H33NO6/c1-13(2)16(23)25-12-15(22)26-14-10-19(6,7)21(20(8,9)11-14)17(24)27-18(3,4)5/h14H,1,10-12H2,2-9H3. The third-order valence-electron chi connectivity index (χ3n) is 4.21. The van der Waals surface area contributed by atoms with Crippen LogP contribution in [0, 0.1) is 0 Å². The van der Waals surface area contributed by atoms with E-state index in [0.29, 0.717) is 12.8 Å². The maximum Gasteiger partial charge on any atom is 0.411 e. The van der Waals surface area contributed by atoms with Crippen molar-refractivity contribution in [3.05, 3.63) is 12.2 Å². The van der Waals surface area contributed by atoms with E-state index in [0.717, 1.165) is 0 Å². The largest absolute Gasteiger partial charge is 0.460 e. The van der Waals surface area contributed by atoms with Crippen molar-refractivity contribution >= 4 is 18.0 Å². The van der Waals surface area contributed by atoms with E-state index in [1.165, 1.54) is 6.92 Å². The van der Waals surface area contributed by atoms with Crippen molar-refractivity contribution in [2.24, 2.45) is 0 Å². The van der Waals surface area contributed by atoms with Gasteiger partial charge in [0.15, 0.2) is 6.61 Å². The number of likely N-dealkylation sites (tertiary alicyclic amines) is 1. The number of ether oxygens (including phenoxy) is 3. The predicted octanol–water partition coefficient (Wildman–Crippen LogP) is 3.61. The lowest BCUT2D eigenvalue weighted by atomic mass is 9.78. The van der Waals surface area contributed by atoms with Gasteiger partial charge in [0.05, 0.1) is 0 Å². The number of carbonyl (C=O) groups is 3. The number of amides is 1. The normalized spacial score (nSPS) is 19.2. The van der Waals surface area contributed by atoms with E-state index in [1.54, 1.807) is 4.90 Å². The van der Waals surface area contributed by atoms with Gasteiger partial charge in [-0.25, -0.2) is 14.4 Å². The number of hydrogen-bond donors (Lipinski definition) is 0. The Morgan fingerprint density at radius 1 is 1.07 bits per heavy atom. The quantitative estimate of drug-likeness (QED) is 0.419. The van der Waals surface area contributed by atoms with E-state index < -0.39 is 47.4 Å². The minimum Gasteiger partial charge on any atom is -0.460 e. The van der Waals surface area contributed by atoms with Crippen LogP contribution in [0.3, 0.4) is 0 Å². The van der Waals surface area contributed by atoms with Crippen molar-refractivity contribution in [3.63, 3.8) is 0 Å². The third kappa shape index (κ3) is 6.56. The molecule has 1 fully saturated rings. The van der Waals surface area contributed by atoms with E-state index in [4.69, 9.17) is 14.2 Å². The van der Waals surface area contributed by atoms with Crippen LogP contribution in [-0.2, 0) is 23.8 Å². The molecular weight excluding hydrogens is 350 g/mol. The first-order valence-corrected chi connectivity index (χ1v) is 9.10. The molecule has 0 N–H and O–H groups in total. The van der Waals surface area contributed by atoms with Gasteiger partial charge in [0.1, 0.15) is 11.7 Å². The molecular formula is C20H33NO6. The maximum atomic E-state index is 12.7. The molecule has 154 valence electrons. The second-order valence-electron chi connectivity index (χ2n) is 9.32. The van der Waals surface area contributed by atoms with Crippen LogP contribution in [0.2, 0.25) is 0 Å². The summed E-state index contributed by atoms with van der Waals surface area (Å²) >= 11 is 0. The fourth-order valence-corrected chi connectivity index (χ4v) is 3.54. The molecule has 0 aliphatic carbocycles. The zero-order valence-corrected chi connectivity index (χ0v) is 17.8. The van der Waals surface area contributed by atoms with Crippen molar-refractivity contribution < 1.29 is 28.6 Å². The van der Waals surface area contributed by atoms with Crippen LogP contribution >= 0.6 is 0 Å². The lowest BCUT2D eigenvalue weighted by Gasteiger charge is -2.54. The molecule has 0 spiro atoms. The summed E-state index contributed by atoms with van der Waals surface area (Å²) in [4.78, 5) is 37.9. The molecule has 1 aliphatic rings. The zero-order valence-electron chi connectivity index (χ0n) is 17.8. The van der Waals surface area contributed by atoms with Crippen LogP contribution in [0.1, 0.15) is 68.2 Å². The number of esters is 2. The Labute approximate surface area is 162 Å². The van der Waals surface area contributed by atoms with Gasteiger partial charge in [-0.1, -0.05) is 6.58 Å². The van der Waals surface area contributed by atoms with Crippen LogP contribution in [0.5, 0.6) is 0 Å². The molecule has 0 aromatic carbocycles. The van der Waals surface area contributed by atoms with Crippen molar-refractivity contribution in [1.29, 1.82) is 0 Å². The van der Waals surface area contributed by atoms with Gasteiger partial charge in [-0.3, -0.25) is 4.90 Å². The Morgan fingerprint density at radius 2 is 1.56 bits per heavy atom. The van der Waals surface area contributed by atoms with Crippen LogP contribution in [0.15, 0.2) is 12.2 Å². The first-order valence-electron chi connectivity index (χ1n) is 9.10. The Bertz CT molecular complexity index is 596. The van der Waals surface area contributed by atoms with Crippen molar-refractivity contribution in [2.45, 2.75) is 91.0 Å². The highest BCUT2D eigenvalue weighted by Crippen LogP contribution is 2.40. The first-order chi connectivity index (χ1) is 12.0. The molecule has 1 amide bonds. The highest BCUT2D eigenvalue weighted by molar-refractivity contribution is 5.88. The molecule has 7 heteroatoms. The summed E-state index contributed by atoms with van der Waals surface area (Å²) in [5.74, 6) is -1.25. The fourth-order valence-electron chi connectivity index (χ4n) is 3.54. The maximum absolute atomic E-state index is 12.7. The Hall–Kier alpha value is -2.05. The first kappa shape index (κ1) is 23.0. The number of rotatable bonds is 4. The minimum absolute atomic E-state index is 0.218. The Balaban J connectivity index is 2.81. The highest BCUT2D eigenvalue weighted by atomic mass is 16.6. The number of nitrogens with zero attached hydrogens (tertiary/aromatic N) is 1. The summed E-state index contributed by atoms with van der Waals surface area (Å²) in [6.07, 6.45) is 0.119. The van der Waals surface area contributed by atoms with E-state index in [-0.39, 0.29) is 5.57 Å². The average Bonchev–Trinajstić information content (AvgIpc) is 2.39. The molecule has 0 saturated carbocycles. The molecule has 7 nitrogen and oxygen atoms in total. The van der Waals surface area contributed by atoms with Crippen LogP contribution in [0.4, 0.5) is 4.79 Å². The number of hydrogen-bond acceptors (Lipinski definition) is 6. The minimum atomic E-state index is -0.632. The van der Waals surface area contributed by atoms with E-state index in [1.807, 2.05) is 48.5 Å². The summed E-state index contributed by atoms with van der Waals surface area (Å²) in [6.45, 7) is 17.6. The van der Waals surface area contributed by atoms with Crippen LogP contribution in [-0.4, -0.2) is 52.3 Å². The molecule has 1 rings (SSSR count). The number of piperidine rings is 1. The molecule has 0 aromatic heterocycles. The second kappa shape index (κ2) is 7.90. The molecule has 0 unspecified atom stereocenters. The van der Waals surface area contributed by atoms with Gasteiger partial charge in [-0.15, -0.1) is 0 Å². The molecule has 0 radical (unpaired) electrons. The van der Waals surface area contributed by atoms with E-state index in [2.05, 4.69) is 6.58 Å². The second-order valence-corrected chi connectivity index (χ2v) is 9.32. The van der Waals surface area contributed by atoms with Gasteiger partial charge in [-0.05, 0) is 55.4 Å². The molecule has 0 aromatic rings. The summed E-state index contributed by atoms with van der Waals surface area (Å²) in [7, 11) is 0. The van der Waals surface area contributed by atoms with Crippen molar-refractivity contribution in [2.75, 3.05) is 6.61 Å². The van der Waals surface area contributed by atoms with Gasteiger partial charge < -0.3 is 14.2 Å². The van der Waals surface area contributed by atoms with Gasteiger partial charge in [0.25, 0.3) is 0 Å². The number of carbonyl (C=O) groups excluding carboxylic acids is 3. The van der Waals surface area contributed by atoms with Crippen LogP contribution < -0.4 is 0 Å². The predicted molar refractivity (Wildman–Crippen MR) is 101 cm³/mol. The summed E-state index contributed by atoms with van der Waals surface area (Å²) in [5, 5.41) is 0. The van der Waals surface area contributed by atoms with Gasteiger partial charge in [0.2, 0.25) is 0 Å². The van der Waals surface area contributed by atoms with E-state index in [9.17, 15) is 14.4 Å². The fraction of sp³-hybridized carbons (Fsp3) is 0.750. The Morgan fingerprint density at radius 3 is 1.96 bits per heavy atom. The molecule has 1 heterocycles. The zero-order chi connectivity index (χ0) is 21.2. The van der Waals surface area contributed by atoms with Crippen LogP contribution in [0.25, 0.3) is 0 Å². The summed E-state index contributed by atoms with van der Waals surface area (Å²) in [6, 6.07) is 0. The van der Waals surface area contributed by atoms with E-state index >= 15 is 0 Å². The monoisotopic (exact) mass is 383 g/mol. The molecule has 0 atom stereocenters. The Kier molecular flexibility index (Phi) is 6.73. The van der Waals surface area contributed by atoms with Crippen molar-refractivity contribution in [1.82, 2.24) is 4.90 Å². The molecule has 1 saturated heterocycles. The lowest BCUT2D eigenvalue weighted by molar-refractivity contribution is -0.167. The van der Waals surface area contributed by atoms with Gasteiger partial charge in [0, 0.05) is 29.5 Å². The molecule has 1 aliphatic heterocycles. The molecule has 0 bridgehead atoms. The summed E-state index contributed by atoms with van der Waals surface area (Å²) in [5.41, 5.74) is -1.54. The molecule has 27 heavy (non-hydrogen) atoms. The highest BCUT2D eigenvalue weighted by Gasteiger charge is 2.50. The lowest BCUT2D eigenvalue weighted by Crippen LogP contribution is -2.65.